The molecule has 5 heteroatoms. The van der Waals surface area contributed by atoms with Crippen LogP contribution >= 0.6 is 0 Å². The van der Waals surface area contributed by atoms with Gasteiger partial charge in [0, 0.05) is 61.4 Å². The number of carbonyl (C=O) groups is 1. The summed E-state index contributed by atoms with van der Waals surface area (Å²) in [6.07, 6.45) is 0. The molecule has 0 bridgehead atoms. The number of benzene rings is 3. The van der Waals surface area contributed by atoms with Crippen LogP contribution in [0.15, 0.2) is 72.8 Å². The molecule has 1 amide bonds. The summed E-state index contributed by atoms with van der Waals surface area (Å²) >= 11 is 0. The first-order valence-corrected chi connectivity index (χ1v) is 11.9. The van der Waals surface area contributed by atoms with E-state index in [4.69, 9.17) is 0 Å². The minimum absolute atomic E-state index is 0.0937. The molecule has 1 aliphatic rings. The molecular formula is C29H30FN3O. The van der Waals surface area contributed by atoms with Crippen LogP contribution in [0, 0.1) is 19.7 Å². The van der Waals surface area contributed by atoms with E-state index in [1.54, 1.807) is 0 Å². The van der Waals surface area contributed by atoms with E-state index in [1.165, 1.54) is 34.5 Å². The molecule has 0 aliphatic carbocycles. The zero-order valence-electron chi connectivity index (χ0n) is 19.8. The summed E-state index contributed by atoms with van der Waals surface area (Å²) in [7, 11) is 0. The first-order chi connectivity index (χ1) is 16.5. The van der Waals surface area contributed by atoms with E-state index < -0.39 is 0 Å². The van der Waals surface area contributed by atoms with Crippen molar-refractivity contribution >= 4 is 16.8 Å². The molecule has 0 N–H and O–H groups in total. The summed E-state index contributed by atoms with van der Waals surface area (Å²) in [6.45, 7) is 8.92. The van der Waals surface area contributed by atoms with Gasteiger partial charge >= 0.3 is 0 Å². The number of piperazine rings is 1. The van der Waals surface area contributed by atoms with Crippen LogP contribution in [0.3, 0.4) is 0 Å². The zero-order valence-corrected chi connectivity index (χ0v) is 19.8. The van der Waals surface area contributed by atoms with Gasteiger partial charge < -0.3 is 9.47 Å². The Kier molecular flexibility index (Phi) is 6.20. The highest BCUT2D eigenvalue weighted by Crippen LogP contribution is 2.28. The monoisotopic (exact) mass is 455 g/mol. The van der Waals surface area contributed by atoms with Crippen LogP contribution in [0.5, 0.6) is 0 Å². The molecule has 2 heterocycles. The minimum atomic E-state index is -0.211. The van der Waals surface area contributed by atoms with Gasteiger partial charge in [-0.15, -0.1) is 0 Å². The second-order valence-corrected chi connectivity index (χ2v) is 9.21. The summed E-state index contributed by atoms with van der Waals surface area (Å²) in [4.78, 5) is 17.6. The second-order valence-electron chi connectivity index (χ2n) is 9.21. The average molecular weight is 456 g/mol. The molecule has 0 saturated carbocycles. The van der Waals surface area contributed by atoms with Gasteiger partial charge in [-0.3, -0.25) is 9.69 Å². The standard InChI is InChI=1S/C29H30FN3O/c1-21-22(2)33(20-23-6-4-3-5-7-23)28-13-10-25(18-27(21)28)29(34)32-16-14-31(15-17-32)19-24-8-11-26(30)12-9-24/h3-13,18H,14-17,19-20H2,1-2H3. The largest absolute Gasteiger partial charge is 0.340 e. The zero-order chi connectivity index (χ0) is 23.7. The van der Waals surface area contributed by atoms with Crippen molar-refractivity contribution in [2.75, 3.05) is 26.2 Å². The third kappa shape index (κ3) is 4.48. The second kappa shape index (κ2) is 9.43. The third-order valence-electron chi connectivity index (χ3n) is 7.05. The highest BCUT2D eigenvalue weighted by Gasteiger charge is 2.23. The Labute approximate surface area is 200 Å². The van der Waals surface area contributed by atoms with Gasteiger partial charge in [0.15, 0.2) is 0 Å². The maximum absolute atomic E-state index is 13.3. The molecule has 0 atom stereocenters. The number of rotatable bonds is 5. The van der Waals surface area contributed by atoms with Crippen molar-refractivity contribution in [3.63, 3.8) is 0 Å². The summed E-state index contributed by atoms with van der Waals surface area (Å²) in [5.74, 6) is -0.117. The fourth-order valence-electron chi connectivity index (χ4n) is 4.89. The Morgan fingerprint density at radius 3 is 2.21 bits per heavy atom. The maximum atomic E-state index is 13.3. The number of hydrogen-bond acceptors (Lipinski definition) is 2. The van der Waals surface area contributed by atoms with E-state index >= 15 is 0 Å². The van der Waals surface area contributed by atoms with Crippen LogP contribution in [0.4, 0.5) is 4.39 Å². The van der Waals surface area contributed by atoms with Crippen molar-refractivity contribution in [3.05, 3.63) is 107 Å². The number of amides is 1. The number of nitrogens with zero attached hydrogens (tertiary/aromatic N) is 3. The number of halogens is 1. The average Bonchev–Trinajstić information content (AvgIpc) is 3.10. The topological polar surface area (TPSA) is 28.5 Å². The van der Waals surface area contributed by atoms with E-state index in [-0.39, 0.29) is 11.7 Å². The molecule has 3 aromatic carbocycles. The van der Waals surface area contributed by atoms with Crippen molar-refractivity contribution in [2.45, 2.75) is 26.9 Å². The predicted molar refractivity (Wildman–Crippen MR) is 135 cm³/mol. The number of carbonyl (C=O) groups excluding carboxylic acids is 1. The molecule has 5 rings (SSSR count). The van der Waals surface area contributed by atoms with Crippen LogP contribution in [-0.2, 0) is 13.1 Å². The lowest BCUT2D eigenvalue weighted by atomic mass is 10.1. The van der Waals surface area contributed by atoms with Crippen LogP contribution in [0.2, 0.25) is 0 Å². The Morgan fingerprint density at radius 2 is 1.50 bits per heavy atom. The summed E-state index contributed by atoms with van der Waals surface area (Å²) in [5, 5.41) is 1.15. The maximum Gasteiger partial charge on any atom is 0.253 e. The number of aromatic nitrogens is 1. The Morgan fingerprint density at radius 1 is 0.824 bits per heavy atom. The summed E-state index contributed by atoms with van der Waals surface area (Å²) in [5.41, 5.74) is 6.74. The third-order valence-corrected chi connectivity index (χ3v) is 7.05. The SMILES string of the molecule is Cc1c(C)n(Cc2ccccc2)c2ccc(C(=O)N3CCN(Cc4ccc(F)cc4)CC3)cc12. The Balaban J connectivity index is 1.29. The molecule has 1 aromatic heterocycles. The van der Waals surface area contributed by atoms with Crippen molar-refractivity contribution in [1.29, 1.82) is 0 Å². The highest BCUT2D eigenvalue weighted by molar-refractivity contribution is 5.99. The van der Waals surface area contributed by atoms with E-state index in [0.717, 1.165) is 42.7 Å². The number of hydrogen-bond donors (Lipinski definition) is 0. The van der Waals surface area contributed by atoms with Crippen molar-refractivity contribution in [2.24, 2.45) is 0 Å². The Bertz CT molecular complexity index is 1300. The molecular weight excluding hydrogens is 425 g/mol. The fraction of sp³-hybridized carbons (Fsp3) is 0.276. The molecule has 1 fully saturated rings. The first-order valence-electron chi connectivity index (χ1n) is 11.9. The van der Waals surface area contributed by atoms with Crippen LogP contribution < -0.4 is 0 Å². The van der Waals surface area contributed by atoms with Gasteiger partial charge in [0.2, 0.25) is 0 Å². The summed E-state index contributed by atoms with van der Waals surface area (Å²) < 4.78 is 15.5. The first kappa shape index (κ1) is 22.4. The van der Waals surface area contributed by atoms with E-state index in [9.17, 15) is 9.18 Å². The smallest absolute Gasteiger partial charge is 0.253 e. The van der Waals surface area contributed by atoms with Gasteiger partial charge in [-0.25, -0.2) is 4.39 Å². The van der Waals surface area contributed by atoms with Gasteiger partial charge in [-0.2, -0.15) is 0 Å². The normalized spacial score (nSPS) is 14.6. The van der Waals surface area contributed by atoms with Gasteiger partial charge in [0.25, 0.3) is 5.91 Å². The van der Waals surface area contributed by atoms with Crippen LogP contribution in [-0.4, -0.2) is 46.5 Å². The number of fused-ring (bicyclic) bond motifs is 1. The van der Waals surface area contributed by atoms with Crippen LogP contribution in [0.1, 0.15) is 32.7 Å². The summed E-state index contributed by atoms with van der Waals surface area (Å²) in [6, 6.07) is 23.3. The fourth-order valence-corrected chi connectivity index (χ4v) is 4.89. The van der Waals surface area contributed by atoms with Gasteiger partial charge in [-0.05, 0) is 60.9 Å². The van der Waals surface area contributed by atoms with Crippen molar-refractivity contribution in [3.8, 4) is 0 Å². The molecule has 0 radical (unpaired) electrons. The van der Waals surface area contributed by atoms with Crippen LogP contribution in [0.25, 0.3) is 10.9 Å². The number of aryl methyl sites for hydroxylation is 1. The minimum Gasteiger partial charge on any atom is -0.340 e. The van der Waals surface area contributed by atoms with Gasteiger partial charge in [0.1, 0.15) is 5.82 Å². The van der Waals surface area contributed by atoms with Crippen molar-refractivity contribution < 1.29 is 9.18 Å². The van der Waals surface area contributed by atoms with Gasteiger partial charge in [-0.1, -0.05) is 42.5 Å². The molecule has 0 spiro atoms. The Hall–Kier alpha value is -3.44. The van der Waals surface area contributed by atoms with Crippen molar-refractivity contribution in [1.82, 2.24) is 14.4 Å². The molecule has 4 aromatic rings. The predicted octanol–water partition coefficient (Wildman–Crippen LogP) is 5.40. The molecule has 174 valence electrons. The molecule has 1 saturated heterocycles. The van der Waals surface area contributed by atoms with E-state index in [2.05, 4.69) is 59.7 Å². The lowest BCUT2D eigenvalue weighted by Crippen LogP contribution is -2.48. The van der Waals surface area contributed by atoms with E-state index in [0.29, 0.717) is 13.1 Å². The quantitative estimate of drug-likeness (QED) is 0.403. The molecule has 1 aliphatic heterocycles. The van der Waals surface area contributed by atoms with E-state index in [1.807, 2.05) is 29.2 Å². The lowest BCUT2D eigenvalue weighted by Gasteiger charge is -2.34. The van der Waals surface area contributed by atoms with Gasteiger partial charge in [0.05, 0.1) is 0 Å². The molecule has 34 heavy (non-hydrogen) atoms. The molecule has 0 unspecified atom stereocenters. The highest BCUT2D eigenvalue weighted by atomic mass is 19.1. The molecule has 4 nitrogen and oxygen atoms in total. The lowest BCUT2D eigenvalue weighted by molar-refractivity contribution is 0.0628.